The second-order valence-electron chi connectivity index (χ2n) is 4.81. The smallest absolute Gasteiger partial charge is 0.0401 e. The molecule has 0 fully saturated rings. The summed E-state index contributed by atoms with van der Waals surface area (Å²) in [5.41, 5.74) is 2.42. The molecule has 0 aromatic rings. The third kappa shape index (κ3) is 3.91. The molecule has 0 heterocycles. The molecule has 0 N–H and O–H groups in total. The highest BCUT2D eigenvalue weighted by Gasteiger charge is 2.23. The lowest BCUT2D eigenvalue weighted by atomic mass is 9.77. The van der Waals surface area contributed by atoms with Crippen LogP contribution in [-0.2, 0) is 0 Å². The molecule has 0 spiro atoms. The predicted octanol–water partition coefficient (Wildman–Crippen LogP) is 4.22. The van der Waals surface area contributed by atoms with Gasteiger partial charge in [0.25, 0.3) is 0 Å². The molecule has 0 saturated heterocycles. The molecule has 0 bridgehead atoms. The number of nitrogens with zero attached hydrogens (tertiary/aromatic N) is 1. The highest BCUT2D eigenvalue weighted by atomic mass is 14.7. The summed E-state index contributed by atoms with van der Waals surface area (Å²) >= 11 is 0. The van der Waals surface area contributed by atoms with E-state index in [1.54, 1.807) is 0 Å². The Morgan fingerprint density at radius 3 is 2.21 bits per heavy atom. The van der Waals surface area contributed by atoms with Crippen molar-refractivity contribution in [1.82, 2.24) is 0 Å². The fourth-order valence-electron chi connectivity index (χ4n) is 1.11. The van der Waals surface area contributed by atoms with Gasteiger partial charge in [-0.15, -0.1) is 0 Å². The van der Waals surface area contributed by atoms with Gasteiger partial charge in [-0.3, -0.25) is 4.99 Å². The fourth-order valence-corrected chi connectivity index (χ4v) is 1.11. The third-order valence-electron chi connectivity index (χ3n) is 2.70. The van der Waals surface area contributed by atoms with Gasteiger partial charge in [-0.25, -0.2) is 0 Å². The molecule has 0 saturated carbocycles. The van der Waals surface area contributed by atoms with Crippen LogP contribution in [0.4, 0.5) is 0 Å². The normalized spacial score (nSPS) is 16.0. The van der Waals surface area contributed by atoms with Crippen LogP contribution in [0.25, 0.3) is 0 Å². The van der Waals surface area contributed by atoms with Crippen molar-refractivity contribution in [3.05, 3.63) is 24.4 Å². The lowest BCUT2D eigenvalue weighted by molar-refractivity contribution is 0.308. The van der Waals surface area contributed by atoms with E-state index in [-0.39, 0.29) is 5.41 Å². The number of allylic oxidation sites excluding steroid dienone is 2. The van der Waals surface area contributed by atoms with Gasteiger partial charge in [-0.05, 0) is 30.8 Å². The van der Waals surface area contributed by atoms with Crippen LogP contribution >= 0.6 is 0 Å². The van der Waals surface area contributed by atoms with E-state index in [4.69, 9.17) is 0 Å². The monoisotopic (exact) mass is 193 g/mol. The largest absolute Gasteiger partial charge is 0.262 e. The second-order valence-corrected chi connectivity index (χ2v) is 4.81. The topological polar surface area (TPSA) is 12.4 Å². The van der Waals surface area contributed by atoms with Gasteiger partial charge in [0.2, 0.25) is 0 Å². The Morgan fingerprint density at radius 2 is 1.86 bits per heavy atom. The predicted molar refractivity (Wildman–Crippen MR) is 65.7 cm³/mol. The van der Waals surface area contributed by atoms with Crippen molar-refractivity contribution < 1.29 is 0 Å². The molecule has 1 nitrogen and oxygen atoms in total. The van der Waals surface area contributed by atoms with E-state index in [2.05, 4.69) is 39.3 Å². The van der Waals surface area contributed by atoms with Crippen LogP contribution < -0.4 is 0 Å². The van der Waals surface area contributed by atoms with Gasteiger partial charge in [0.15, 0.2) is 0 Å². The first-order valence-electron chi connectivity index (χ1n) is 5.15. The second kappa shape index (κ2) is 5.14. The maximum Gasteiger partial charge on any atom is 0.0401 e. The number of hydrogen-bond acceptors (Lipinski definition) is 1. The van der Waals surface area contributed by atoms with Crippen molar-refractivity contribution in [1.29, 1.82) is 0 Å². The lowest BCUT2D eigenvalue weighted by Gasteiger charge is -2.28. The standard InChI is InChI=1S/C13H23N/c1-8-9-14-12(4)10(2)11(3)13(5,6)7/h8-9,11H,2H2,1,3-7H3/b9-8-,14-12-. The van der Waals surface area contributed by atoms with Gasteiger partial charge in [0.05, 0.1) is 0 Å². The van der Waals surface area contributed by atoms with Crippen LogP contribution in [0.5, 0.6) is 0 Å². The van der Waals surface area contributed by atoms with Crippen LogP contribution in [0.2, 0.25) is 0 Å². The summed E-state index contributed by atoms with van der Waals surface area (Å²) in [6, 6.07) is 0. The average molecular weight is 193 g/mol. The SMILES string of the molecule is C=C(/C(C)=N\C=C/C)C(C)C(C)(C)C. The van der Waals surface area contributed by atoms with Crippen molar-refractivity contribution in [2.45, 2.75) is 41.5 Å². The zero-order valence-corrected chi connectivity index (χ0v) is 10.4. The molecule has 1 atom stereocenters. The fraction of sp³-hybridized carbons (Fsp3) is 0.615. The van der Waals surface area contributed by atoms with E-state index in [1.165, 1.54) is 0 Å². The molecular formula is C13H23N. The minimum atomic E-state index is 0.254. The summed E-state index contributed by atoms with van der Waals surface area (Å²) in [6.45, 7) is 17.0. The van der Waals surface area contributed by atoms with Gasteiger partial charge in [0, 0.05) is 11.9 Å². The van der Waals surface area contributed by atoms with Gasteiger partial charge >= 0.3 is 0 Å². The van der Waals surface area contributed by atoms with Gasteiger partial charge in [-0.1, -0.05) is 40.3 Å². The molecule has 0 radical (unpaired) electrons. The Bertz CT molecular complexity index is 251. The third-order valence-corrected chi connectivity index (χ3v) is 2.70. The van der Waals surface area contributed by atoms with E-state index >= 15 is 0 Å². The van der Waals surface area contributed by atoms with Crippen LogP contribution in [0.15, 0.2) is 29.4 Å². The molecule has 80 valence electrons. The van der Waals surface area contributed by atoms with Crippen LogP contribution in [0, 0.1) is 11.3 Å². The Balaban J connectivity index is 4.64. The van der Waals surface area contributed by atoms with E-state index in [9.17, 15) is 0 Å². The minimum Gasteiger partial charge on any atom is -0.262 e. The Morgan fingerprint density at radius 1 is 1.36 bits per heavy atom. The molecule has 0 aliphatic carbocycles. The number of rotatable bonds is 3. The average Bonchev–Trinajstić information content (AvgIpc) is 2.10. The zero-order valence-electron chi connectivity index (χ0n) is 10.4. The highest BCUT2D eigenvalue weighted by Crippen LogP contribution is 2.31. The first-order valence-corrected chi connectivity index (χ1v) is 5.15. The zero-order chi connectivity index (χ0) is 11.4. The first kappa shape index (κ1) is 13.2. The molecule has 1 unspecified atom stereocenters. The molecule has 0 amide bonds. The summed E-state index contributed by atoms with van der Waals surface area (Å²) < 4.78 is 0. The van der Waals surface area contributed by atoms with E-state index < -0.39 is 0 Å². The molecule has 0 aromatic heterocycles. The van der Waals surface area contributed by atoms with Gasteiger partial charge in [-0.2, -0.15) is 0 Å². The van der Waals surface area contributed by atoms with Crippen LogP contribution in [0.1, 0.15) is 41.5 Å². The van der Waals surface area contributed by atoms with Gasteiger partial charge in [0.1, 0.15) is 0 Å². The lowest BCUT2D eigenvalue weighted by Crippen LogP contribution is -2.21. The van der Waals surface area contributed by atoms with E-state index in [0.29, 0.717) is 5.92 Å². The summed E-state index contributed by atoms with van der Waals surface area (Å²) in [5, 5.41) is 0. The van der Waals surface area contributed by atoms with Crippen LogP contribution in [-0.4, -0.2) is 5.71 Å². The Hall–Kier alpha value is -0.850. The van der Waals surface area contributed by atoms with Crippen molar-refractivity contribution in [2.24, 2.45) is 16.3 Å². The van der Waals surface area contributed by atoms with Crippen molar-refractivity contribution in [3.8, 4) is 0 Å². The van der Waals surface area contributed by atoms with Crippen molar-refractivity contribution >= 4 is 5.71 Å². The van der Waals surface area contributed by atoms with Crippen molar-refractivity contribution in [2.75, 3.05) is 0 Å². The Labute approximate surface area is 88.6 Å². The van der Waals surface area contributed by atoms with E-state index in [1.807, 2.05) is 26.1 Å². The quantitative estimate of drug-likeness (QED) is 0.595. The molecule has 0 aliphatic rings. The maximum absolute atomic E-state index is 4.31. The summed E-state index contributed by atoms with van der Waals surface area (Å²) in [4.78, 5) is 4.31. The minimum absolute atomic E-state index is 0.254. The summed E-state index contributed by atoms with van der Waals surface area (Å²) in [6.07, 6.45) is 3.74. The molecular weight excluding hydrogens is 170 g/mol. The summed E-state index contributed by atoms with van der Waals surface area (Å²) in [5.74, 6) is 0.455. The molecule has 14 heavy (non-hydrogen) atoms. The number of aliphatic imine (C=N–C) groups is 1. The van der Waals surface area contributed by atoms with E-state index in [0.717, 1.165) is 11.3 Å². The molecule has 0 aromatic carbocycles. The highest BCUT2D eigenvalue weighted by molar-refractivity contribution is 5.98. The molecule has 0 aliphatic heterocycles. The first-order chi connectivity index (χ1) is 6.30. The number of hydrogen-bond donors (Lipinski definition) is 0. The maximum atomic E-state index is 4.31. The van der Waals surface area contributed by atoms with Crippen LogP contribution in [0.3, 0.4) is 0 Å². The van der Waals surface area contributed by atoms with Crippen molar-refractivity contribution in [3.63, 3.8) is 0 Å². The molecule has 1 heteroatoms. The summed E-state index contributed by atoms with van der Waals surface area (Å²) in [7, 11) is 0. The Kier molecular flexibility index (Phi) is 4.82. The van der Waals surface area contributed by atoms with Gasteiger partial charge < -0.3 is 0 Å². The molecule has 0 rings (SSSR count).